The molecule has 2 aromatic heterocycles. The molecule has 3 amide bonds. The Balaban J connectivity index is 1.48. The van der Waals surface area contributed by atoms with Gasteiger partial charge in [0.05, 0.1) is 46.5 Å². The summed E-state index contributed by atoms with van der Waals surface area (Å²) in [4.78, 5) is 59.0. The van der Waals surface area contributed by atoms with E-state index in [2.05, 4.69) is 10.3 Å². The zero-order valence-corrected chi connectivity index (χ0v) is 22.9. The number of nitrogens with zero attached hydrogens (tertiary/aromatic N) is 5. The number of halogens is 1. The molecule has 1 saturated heterocycles. The zero-order chi connectivity index (χ0) is 28.9. The summed E-state index contributed by atoms with van der Waals surface area (Å²) in [5.41, 5.74) is 3.97. The molecule has 3 aliphatic rings. The fraction of sp³-hybridized carbons (Fsp3) is 0.429. The highest BCUT2D eigenvalue weighted by Crippen LogP contribution is 2.34. The summed E-state index contributed by atoms with van der Waals surface area (Å²) in [5, 5.41) is 12.3. The van der Waals surface area contributed by atoms with Crippen LogP contribution in [0.3, 0.4) is 0 Å². The van der Waals surface area contributed by atoms with Crippen molar-refractivity contribution in [2.45, 2.75) is 44.4 Å². The monoisotopic (exact) mass is 577 g/mol. The van der Waals surface area contributed by atoms with Crippen LogP contribution in [0.2, 0.25) is 5.02 Å². The second-order valence-electron chi connectivity index (χ2n) is 11.0. The Morgan fingerprint density at radius 1 is 1.15 bits per heavy atom. The number of primary amides is 1. The number of fused-ring (bicyclic) bond motifs is 1. The molecule has 41 heavy (non-hydrogen) atoms. The van der Waals surface area contributed by atoms with E-state index in [0.29, 0.717) is 30.2 Å². The van der Waals surface area contributed by atoms with Crippen LogP contribution in [0.1, 0.15) is 36.9 Å². The summed E-state index contributed by atoms with van der Waals surface area (Å²) in [7, 11) is 0. The quantitative estimate of drug-likeness (QED) is 0.434. The van der Waals surface area contributed by atoms with Crippen molar-refractivity contribution in [2.75, 3.05) is 25.0 Å². The highest BCUT2D eigenvalue weighted by Gasteiger charge is 2.48. The Labute approximate surface area is 239 Å². The van der Waals surface area contributed by atoms with Gasteiger partial charge in [-0.25, -0.2) is 9.59 Å². The van der Waals surface area contributed by atoms with E-state index in [1.54, 1.807) is 4.57 Å². The van der Waals surface area contributed by atoms with Crippen molar-refractivity contribution in [2.24, 2.45) is 17.6 Å². The maximum absolute atomic E-state index is 13.9. The molecule has 3 fully saturated rings. The Bertz CT molecular complexity index is 1740. The third kappa shape index (κ3) is 5.07. The molecule has 0 radical (unpaired) electrons. The molecule has 1 aliphatic heterocycles. The molecule has 13 heteroatoms. The summed E-state index contributed by atoms with van der Waals surface area (Å²) >= 11 is 6.17. The van der Waals surface area contributed by atoms with Crippen LogP contribution >= 0.6 is 11.6 Å². The first kappa shape index (κ1) is 27.0. The van der Waals surface area contributed by atoms with Crippen molar-refractivity contribution < 1.29 is 14.3 Å². The largest absolute Gasteiger partial charge is 0.355 e. The molecule has 0 spiro atoms. The lowest BCUT2D eigenvalue weighted by Crippen LogP contribution is -2.58. The van der Waals surface area contributed by atoms with E-state index < -0.39 is 23.1 Å². The Kier molecular flexibility index (Phi) is 6.79. The van der Waals surface area contributed by atoms with Crippen LogP contribution in [-0.4, -0.2) is 50.7 Å². The van der Waals surface area contributed by atoms with Crippen molar-refractivity contribution >= 4 is 40.1 Å². The van der Waals surface area contributed by atoms with Gasteiger partial charge in [-0.05, 0) is 61.8 Å². The number of carbonyl (C=O) groups excluding carboxylic acids is 2. The van der Waals surface area contributed by atoms with E-state index in [1.807, 2.05) is 6.07 Å². The standard InChI is InChI=1S/C28H28ClN7O5/c29-21-9-19(6-5-18(21)11-30)33-25(38)28(15-34(26(31)39)7-8-41-28)23-10-20-22(12-32-23)35(13-16-1-2-16)27(40)36(24(20)37)14-17-3-4-17/h5-6,9-10,12,16-17H,1-4,7-8,13-15H2,(H2,31,39)(H,33,38). The number of carbonyl (C=O) groups is 2. The maximum atomic E-state index is 13.9. The third-order valence-corrected chi connectivity index (χ3v) is 8.26. The van der Waals surface area contributed by atoms with Gasteiger partial charge < -0.3 is 20.7 Å². The number of aromatic nitrogens is 3. The fourth-order valence-electron chi connectivity index (χ4n) is 5.23. The smallest absolute Gasteiger partial charge is 0.331 e. The second kappa shape index (κ2) is 10.3. The molecule has 0 bridgehead atoms. The van der Waals surface area contributed by atoms with Crippen molar-refractivity contribution in [3.8, 4) is 6.07 Å². The number of nitrogens with two attached hydrogens (primary N) is 1. The van der Waals surface area contributed by atoms with Gasteiger partial charge in [0.15, 0.2) is 0 Å². The lowest BCUT2D eigenvalue weighted by atomic mass is 9.94. The van der Waals surface area contributed by atoms with Crippen LogP contribution in [0.15, 0.2) is 40.1 Å². The molecule has 1 aromatic carbocycles. The van der Waals surface area contributed by atoms with Crippen LogP contribution in [-0.2, 0) is 28.2 Å². The van der Waals surface area contributed by atoms with Crippen LogP contribution in [0.5, 0.6) is 0 Å². The lowest BCUT2D eigenvalue weighted by Gasteiger charge is -2.40. The SMILES string of the molecule is N#Cc1ccc(NC(=O)C2(c3cc4c(=O)n(CC5CC5)c(=O)n(CC5CC5)c4cn3)CN(C(N)=O)CCO2)cc1Cl. The topological polar surface area (TPSA) is 165 Å². The fourth-order valence-corrected chi connectivity index (χ4v) is 5.45. The minimum absolute atomic E-state index is 0.0166. The first-order chi connectivity index (χ1) is 19.7. The first-order valence-corrected chi connectivity index (χ1v) is 13.9. The van der Waals surface area contributed by atoms with Gasteiger partial charge in [0.1, 0.15) is 6.07 Å². The molecule has 3 aromatic rings. The van der Waals surface area contributed by atoms with Crippen LogP contribution in [0, 0.1) is 23.2 Å². The van der Waals surface area contributed by atoms with E-state index >= 15 is 0 Å². The molecular weight excluding hydrogens is 550 g/mol. The second-order valence-corrected chi connectivity index (χ2v) is 11.4. The van der Waals surface area contributed by atoms with Gasteiger partial charge in [-0.15, -0.1) is 0 Å². The Hall–Kier alpha value is -4.21. The van der Waals surface area contributed by atoms with Gasteiger partial charge in [0, 0.05) is 25.3 Å². The average Bonchev–Trinajstić information content (AvgIpc) is 3.90. The number of urea groups is 1. The molecule has 2 aliphatic carbocycles. The number of pyridine rings is 1. The van der Waals surface area contributed by atoms with Gasteiger partial charge >= 0.3 is 11.7 Å². The molecule has 12 nitrogen and oxygen atoms in total. The number of benzene rings is 1. The van der Waals surface area contributed by atoms with Crippen molar-refractivity contribution in [3.63, 3.8) is 0 Å². The molecule has 1 atom stereocenters. The Morgan fingerprint density at radius 3 is 2.49 bits per heavy atom. The highest BCUT2D eigenvalue weighted by atomic mass is 35.5. The van der Waals surface area contributed by atoms with Gasteiger partial charge in [0.2, 0.25) is 5.60 Å². The number of nitriles is 1. The predicted octanol–water partition coefficient (Wildman–Crippen LogP) is 2.15. The molecule has 212 valence electrons. The molecule has 3 heterocycles. The van der Waals surface area contributed by atoms with Gasteiger partial charge in [-0.3, -0.25) is 23.7 Å². The summed E-state index contributed by atoms with van der Waals surface area (Å²) < 4.78 is 8.97. The highest BCUT2D eigenvalue weighted by molar-refractivity contribution is 6.32. The average molecular weight is 578 g/mol. The summed E-state index contributed by atoms with van der Waals surface area (Å²) in [5.74, 6) is -0.0130. The normalized spacial score (nSPS) is 20.5. The summed E-state index contributed by atoms with van der Waals surface area (Å²) in [6.07, 6.45) is 5.39. The zero-order valence-electron chi connectivity index (χ0n) is 22.1. The predicted molar refractivity (Wildman–Crippen MR) is 149 cm³/mol. The maximum Gasteiger partial charge on any atom is 0.331 e. The van der Waals surface area contributed by atoms with Crippen molar-refractivity contribution in [1.82, 2.24) is 19.0 Å². The summed E-state index contributed by atoms with van der Waals surface area (Å²) in [6.45, 7) is 0.715. The van der Waals surface area contributed by atoms with E-state index in [1.165, 1.54) is 39.9 Å². The molecule has 6 rings (SSSR count). The minimum atomic E-state index is -1.83. The number of hydrogen-bond acceptors (Lipinski definition) is 7. The van der Waals surface area contributed by atoms with E-state index in [-0.39, 0.29) is 53.0 Å². The molecule has 2 saturated carbocycles. The number of hydrogen-bond donors (Lipinski definition) is 2. The number of amides is 3. The minimum Gasteiger partial charge on any atom is -0.355 e. The first-order valence-electron chi connectivity index (χ1n) is 13.5. The summed E-state index contributed by atoms with van der Waals surface area (Å²) in [6, 6.07) is 7.13. The van der Waals surface area contributed by atoms with E-state index in [0.717, 1.165) is 25.7 Å². The number of ether oxygens (including phenoxy) is 1. The third-order valence-electron chi connectivity index (χ3n) is 7.95. The number of rotatable bonds is 7. The molecule has 3 N–H and O–H groups in total. The van der Waals surface area contributed by atoms with E-state index in [9.17, 15) is 24.4 Å². The number of nitrogens with one attached hydrogen (secondary N) is 1. The molecule has 1 unspecified atom stereocenters. The van der Waals surface area contributed by atoms with Crippen molar-refractivity contribution in [1.29, 1.82) is 5.26 Å². The lowest BCUT2D eigenvalue weighted by molar-refractivity contribution is -0.154. The van der Waals surface area contributed by atoms with Gasteiger partial charge in [-0.1, -0.05) is 11.6 Å². The molecular formula is C28H28ClN7O5. The van der Waals surface area contributed by atoms with Gasteiger partial charge in [-0.2, -0.15) is 5.26 Å². The number of morpholine rings is 1. The van der Waals surface area contributed by atoms with Crippen LogP contribution in [0.25, 0.3) is 10.9 Å². The Morgan fingerprint density at radius 2 is 1.85 bits per heavy atom. The van der Waals surface area contributed by atoms with E-state index in [4.69, 9.17) is 22.1 Å². The van der Waals surface area contributed by atoms with Crippen LogP contribution < -0.4 is 22.3 Å². The number of anilines is 1. The van der Waals surface area contributed by atoms with Crippen LogP contribution in [0.4, 0.5) is 10.5 Å². The van der Waals surface area contributed by atoms with Crippen molar-refractivity contribution in [3.05, 3.63) is 67.6 Å². The van der Waals surface area contributed by atoms with Gasteiger partial charge in [0.25, 0.3) is 11.5 Å².